The first kappa shape index (κ1) is 21.7. The molecule has 0 saturated carbocycles. The van der Waals surface area contributed by atoms with Gasteiger partial charge in [-0.3, -0.25) is 9.79 Å². The van der Waals surface area contributed by atoms with Crippen LogP contribution in [0.4, 0.5) is 0 Å². The number of aromatic nitrogens is 1. The highest BCUT2D eigenvalue weighted by Crippen LogP contribution is 2.13. The highest BCUT2D eigenvalue weighted by molar-refractivity contribution is 14.0. The Hall–Kier alpha value is -1.32. The van der Waals surface area contributed by atoms with Crippen LogP contribution in [0.3, 0.4) is 0 Å². The Kier molecular flexibility index (Phi) is 11.4. The first-order valence-electron chi connectivity index (χ1n) is 7.73. The summed E-state index contributed by atoms with van der Waals surface area (Å²) in [6.45, 7) is 7.91. The van der Waals surface area contributed by atoms with Crippen molar-refractivity contribution in [3.05, 3.63) is 17.5 Å². The summed E-state index contributed by atoms with van der Waals surface area (Å²) in [5.41, 5.74) is 0.937. The third-order valence-electron chi connectivity index (χ3n) is 3.04. The SMILES string of the molecule is CCCNC(=O)CCNC(=NC)NCc1cc(C(C)C)no1.I. The fraction of sp³-hybridized carbons (Fsp3) is 0.667. The summed E-state index contributed by atoms with van der Waals surface area (Å²) in [6, 6.07) is 1.93. The molecule has 0 aliphatic carbocycles. The van der Waals surface area contributed by atoms with E-state index in [-0.39, 0.29) is 29.9 Å². The van der Waals surface area contributed by atoms with E-state index in [4.69, 9.17) is 4.52 Å². The molecule has 0 aliphatic rings. The lowest BCUT2D eigenvalue weighted by Gasteiger charge is -2.10. The summed E-state index contributed by atoms with van der Waals surface area (Å²) in [5.74, 6) is 1.77. The molecule has 0 radical (unpaired) electrons. The van der Waals surface area contributed by atoms with Gasteiger partial charge in [0.1, 0.15) is 0 Å². The van der Waals surface area contributed by atoms with Gasteiger partial charge in [0.15, 0.2) is 11.7 Å². The minimum Gasteiger partial charge on any atom is -0.359 e. The fourth-order valence-electron chi connectivity index (χ4n) is 1.72. The lowest BCUT2D eigenvalue weighted by atomic mass is 10.1. The molecular formula is C15H28IN5O2. The molecule has 0 aromatic carbocycles. The summed E-state index contributed by atoms with van der Waals surface area (Å²) in [5, 5.41) is 13.1. The third kappa shape index (κ3) is 8.77. The lowest BCUT2D eigenvalue weighted by molar-refractivity contribution is -0.120. The number of guanidine groups is 1. The zero-order chi connectivity index (χ0) is 16.4. The van der Waals surface area contributed by atoms with Crippen LogP contribution in [-0.2, 0) is 11.3 Å². The number of hydrogen-bond donors (Lipinski definition) is 3. The monoisotopic (exact) mass is 437 g/mol. The number of nitrogens with zero attached hydrogens (tertiary/aromatic N) is 2. The smallest absolute Gasteiger partial charge is 0.221 e. The molecule has 7 nitrogen and oxygen atoms in total. The highest BCUT2D eigenvalue weighted by Gasteiger charge is 2.08. The minimum atomic E-state index is 0. The lowest BCUT2D eigenvalue weighted by Crippen LogP contribution is -2.39. The summed E-state index contributed by atoms with van der Waals surface area (Å²) in [6.07, 6.45) is 1.36. The number of rotatable bonds is 8. The molecule has 0 atom stereocenters. The quantitative estimate of drug-likeness (QED) is 0.329. The summed E-state index contributed by atoms with van der Waals surface area (Å²) < 4.78 is 5.25. The Balaban J connectivity index is 0.00000484. The van der Waals surface area contributed by atoms with Crippen molar-refractivity contribution in [1.29, 1.82) is 0 Å². The number of carbonyl (C=O) groups is 1. The molecule has 0 saturated heterocycles. The van der Waals surface area contributed by atoms with Gasteiger partial charge in [-0.05, 0) is 12.3 Å². The van der Waals surface area contributed by atoms with Gasteiger partial charge in [0.25, 0.3) is 0 Å². The topological polar surface area (TPSA) is 91.5 Å². The average molecular weight is 437 g/mol. The molecule has 0 spiro atoms. The van der Waals surface area contributed by atoms with Crippen LogP contribution in [0, 0.1) is 0 Å². The largest absolute Gasteiger partial charge is 0.359 e. The van der Waals surface area contributed by atoms with Crippen LogP contribution in [0.5, 0.6) is 0 Å². The van der Waals surface area contributed by atoms with Gasteiger partial charge >= 0.3 is 0 Å². The molecule has 8 heteroatoms. The summed E-state index contributed by atoms with van der Waals surface area (Å²) >= 11 is 0. The van der Waals surface area contributed by atoms with Gasteiger partial charge in [0.05, 0.1) is 12.2 Å². The Morgan fingerprint density at radius 3 is 2.61 bits per heavy atom. The summed E-state index contributed by atoms with van der Waals surface area (Å²) in [4.78, 5) is 15.6. The maximum absolute atomic E-state index is 11.5. The zero-order valence-corrected chi connectivity index (χ0v) is 16.6. The van der Waals surface area contributed by atoms with E-state index >= 15 is 0 Å². The number of amides is 1. The molecule has 23 heavy (non-hydrogen) atoms. The molecule has 1 aromatic rings. The first-order chi connectivity index (χ1) is 10.6. The van der Waals surface area contributed by atoms with E-state index in [9.17, 15) is 4.79 Å². The molecular weight excluding hydrogens is 409 g/mol. The van der Waals surface area contributed by atoms with Crippen molar-refractivity contribution in [3.8, 4) is 0 Å². The number of nitrogens with one attached hydrogen (secondary N) is 3. The van der Waals surface area contributed by atoms with Crippen LogP contribution in [0.2, 0.25) is 0 Å². The number of hydrogen-bond acceptors (Lipinski definition) is 4. The molecule has 0 fully saturated rings. The van der Waals surface area contributed by atoms with Crippen molar-refractivity contribution in [2.75, 3.05) is 20.1 Å². The predicted molar refractivity (Wildman–Crippen MR) is 102 cm³/mol. The fourth-order valence-corrected chi connectivity index (χ4v) is 1.72. The molecule has 0 unspecified atom stereocenters. The number of aliphatic imine (C=N–C) groups is 1. The minimum absolute atomic E-state index is 0. The second kappa shape index (κ2) is 12.1. The van der Waals surface area contributed by atoms with Crippen LogP contribution in [-0.4, -0.2) is 37.2 Å². The maximum Gasteiger partial charge on any atom is 0.221 e. The predicted octanol–water partition coefficient (Wildman–Crippen LogP) is 2.00. The van der Waals surface area contributed by atoms with E-state index in [0.717, 1.165) is 24.4 Å². The van der Waals surface area contributed by atoms with E-state index in [1.807, 2.05) is 13.0 Å². The van der Waals surface area contributed by atoms with Crippen molar-refractivity contribution >= 4 is 35.8 Å². The van der Waals surface area contributed by atoms with Crippen LogP contribution in [0.1, 0.15) is 51.0 Å². The Bertz CT molecular complexity index is 488. The van der Waals surface area contributed by atoms with E-state index in [0.29, 0.717) is 31.4 Å². The number of halogens is 1. The van der Waals surface area contributed by atoms with Crippen molar-refractivity contribution in [3.63, 3.8) is 0 Å². The van der Waals surface area contributed by atoms with Gasteiger partial charge in [-0.15, -0.1) is 24.0 Å². The summed E-state index contributed by atoms with van der Waals surface area (Å²) in [7, 11) is 1.69. The second-order valence-corrected chi connectivity index (χ2v) is 5.33. The van der Waals surface area contributed by atoms with Crippen LogP contribution < -0.4 is 16.0 Å². The van der Waals surface area contributed by atoms with Gasteiger partial charge in [0, 0.05) is 32.6 Å². The average Bonchev–Trinajstić information content (AvgIpc) is 2.97. The van der Waals surface area contributed by atoms with Crippen LogP contribution in [0.15, 0.2) is 15.6 Å². The van der Waals surface area contributed by atoms with Gasteiger partial charge in [-0.1, -0.05) is 25.9 Å². The zero-order valence-electron chi connectivity index (χ0n) is 14.3. The van der Waals surface area contributed by atoms with Crippen molar-refractivity contribution in [2.45, 2.75) is 46.1 Å². The molecule has 1 amide bonds. The second-order valence-electron chi connectivity index (χ2n) is 5.33. The molecule has 1 rings (SSSR count). The van der Waals surface area contributed by atoms with Crippen LogP contribution >= 0.6 is 24.0 Å². The molecule has 132 valence electrons. The van der Waals surface area contributed by atoms with Gasteiger partial charge in [0.2, 0.25) is 5.91 Å². The standard InChI is InChI=1S/C15H27N5O2.HI/c1-5-7-17-14(21)6-8-18-15(16-4)19-10-12-9-13(11(2)3)20-22-12;/h9,11H,5-8,10H2,1-4H3,(H,17,21)(H2,16,18,19);1H. The Labute approximate surface area is 155 Å². The molecule has 0 bridgehead atoms. The Morgan fingerprint density at radius 2 is 2.04 bits per heavy atom. The molecule has 1 heterocycles. The van der Waals surface area contributed by atoms with Crippen molar-refractivity contribution in [2.24, 2.45) is 4.99 Å². The maximum atomic E-state index is 11.5. The number of carbonyl (C=O) groups excluding carboxylic acids is 1. The molecule has 0 aliphatic heterocycles. The molecule has 3 N–H and O–H groups in total. The van der Waals surface area contributed by atoms with Gasteiger partial charge in [-0.25, -0.2) is 0 Å². The van der Waals surface area contributed by atoms with Crippen LogP contribution in [0.25, 0.3) is 0 Å². The highest BCUT2D eigenvalue weighted by atomic mass is 127. The van der Waals surface area contributed by atoms with E-state index < -0.39 is 0 Å². The molecule has 1 aromatic heterocycles. The third-order valence-corrected chi connectivity index (χ3v) is 3.04. The van der Waals surface area contributed by atoms with Gasteiger partial charge < -0.3 is 20.5 Å². The van der Waals surface area contributed by atoms with Gasteiger partial charge in [-0.2, -0.15) is 0 Å². The normalized spacial score (nSPS) is 11.1. The van der Waals surface area contributed by atoms with Crippen molar-refractivity contribution in [1.82, 2.24) is 21.1 Å². The van der Waals surface area contributed by atoms with E-state index in [2.05, 4.69) is 39.9 Å². The van der Waals surface area contributed by atoms with E-state index in [1.165, 1.54) is 0 Å². The van der Waals surface area contributed by atoms with E-state index in [1.54, 1.807) is 7.05 Å². The van der Waals surface area contributed by atoms with Crippen molar-refractivity contribution < 1.29 is 9.32 Å². The Morgan fingerprint density at radius 1 is 1.30 bits per heavy atom. The first-order valence-corrected chi connectivity index (χ1v) is 7.73.